The van der Waals surface area contributed by atoms with Gasteiger partial charge in [0, 0.05) is 25.4 Å². The Morgan fingerprint density at radius 1 is 1.35 bits per heavy atom. The highest BCUT2D eigenvalue weighted by atomic mass is 16.4. The van der Waals surface area contributed by atoms with Crippen LogP contribution in [0.3, 0.4) is 0 Å². The van der Waals surface area contributed by atoms with E-state index in [0.29, 0.717) is 18.3 Å². The summed E-state index contributed by atoms with van der Waals surface area (Å²) in [5.74, 6) is 0.402. The van der Waals surface area contributed by atoms with Crippen molar-refractivity contribution in [2.45, 2.75) is 59.3 Å². The quantitative estimate of drug-likeness (QED) is 0.780. The fourth-order valence-electron chi connectivity index (χ4n) is 3.12. The number of carboxylic acids is 1. The van der Waals surface area contributed by atoms with Gasteiger partial charge in [-0.2, -0.15) is 0 Å². The Morgan fingerprint density at radius 3 is 2.60 bits per heavy atom. The molecule has 1 fully saturated rings. The van der Waals surface area contributed by atoms with Gasteiger partial charge >= 0.3 is 5.97 Å². The lowest BCUT2D eigenvalue weighted by Crippen LogP contribution is -2.44. The lowest BCUT2D eigenvalue weighted by Gasteiger charge is -2.36. The molecule has 0 radical (unpaired) electrons. The minimum Gasteiger partial charge on any atom is -0.481 e. The third-order valence-electron chi connectivity index (χ3n) is 4.32. The van der Waals surface area contributed by atoms with Crippen LogP contribution in [-0.4, -0.2) is 35.0 Å². The predicted molar refractivity (Wildman–Crippen MR) is 79.4 cm³/mol. The Morgan fingerprint density at radius 2 is 2.05 bits per heavy atom. The van der Waals surface area contributed by atoms with Crippen LogP contribution in [0.15, 0.2) is 0 Å². The van der Waals surface area contributed by atoms with Gasteiger partial charge in [-0.15, -0.1) is 0 Å². The first-order valence-electron chi connectivity index (χ1n) is 7.96. The lowest BCUT2D eigenvalue weighted by atomic mass is 9.87. The molecule has 1 aliphatic rings. The zero-order valence-electron chi connectivity index (χ0n) is 13.1. The molecule has 1 amide bonds. The minimum absolute atomic E-state index is 0.123. The summed E-state index contributed by atoms with van der Waals surface area (Å²) in [6, 6.07) is 0. The van der Waals surface area contributed by atoms with Crippen LogP contribution in [0.5, 0.6) is 0 Å². The predicted octanol–water partition coefficient (Wildman–Crippen LogP) is 3.16. The first-order valence-corrected chi connectivity index (χ1v) is 7.96. The summed E-state index contributed by atoms with van der Waals surface area (Å²) in [4.78, 5) is 25.3. The molecule has 2 atom stereocenters. The van der Waals surface area contributed by atoms with E-state index in [1.807, 2.05) is 4.90 Å². The highest BCUT2D eigenvalue weighted by Crippen LogP contribution is 2.26. The van der Waals surface area contributed by atoms with Crippen LogP contribution in [0.4, 0.5) is 0 Å². The molecule has 2 unspecified atom stereocenters. The van der Waals surface area contributed by atoms with E-state index < -0.39 is 5.97 Å². The maximum atomic E-state index is 12.6. The number of carbonyl (C=O) groups excluding carboxylic acids is 1. The van der Waals surface area contributed by atoms with Gasteiger partial charge in [-0.3, -0.25) is 9.59 Å². The van der Waals surface area contributed by atoms with Gasteiger partial charge in [0.05, 0.1) is 0 Å². The standard InChI is InChI=1S/C16H29NO3/c1-4-6-14(12(2)3)16(20)17-10-5-7-13(11-17)8-9-15(18)19/h12-14H,4-11H2,1-3H3,(H,18,19). The van der Waals surface area contributed by atoms with Gasteiger partial charge < -0.3 is 10.0 Å². The Labute approximate surface area is 122 Å². The highest BCUT2D eigenvalue weighted by Gasteiger charge is 2.30. The molecule has 116 valence electrons. The maximum Gasteiger partial charge on any atom is 0.303 e. The highest BCUT2D eigenvalue weighted by molar-refractivity contribution is 5.79. The number of likely N-dealkylation sites (tertiary alicyclic amines) is 1. The first kappa shape index (κ1) is 17.0. The number of carbonyl (C=O) groups is 2. The Balaban J connectivity index is 2.56. The number of piperidine rings is 1. The van der Waals surface area contributed by atoms with E-state index >= 15 is 0 Å². The number of amides is 1. The fraction of sp³-hybridized carbons (Fsp3) is 0.875. The fourth-order valence-corrected chi connectivity index (χ4v) is 3.12. The van der Waals surface area contributed by atoms with Gasteiger partial charge in [0.2, 0.25) is 5.91 Å². The van der Waals surface area contributed by atoms with Crippen molar-refractivity contribution in [1.29, 1.82) is 0 Å². The second kappa shape index (κ2) is 8.28. The number of hydrogen-bond acceptors (Lipinski definition) is 2. The monoisotopic (exact) mass is 283 g/mol. The number of nitrogens with zero attached hydrogens (tertiary/aromatic N) is 1. The van der Waals surface area contributed by atoms with Crippen molar-refractivity contribution in [2.24, 2.45) is 17.8 Å². The molecule has 4 heteroatoms. The maximum absolute atomic E-state index is 12.6. The smallest absolute Gasteiger partial charge is 0.303 e. The van der Waals surface area contributed by atoms with E-state index in [9.17, 15) is 9.59 Å². The summed E-state index contributed by atoms with van der Waals surface area (Å²) in [6.07, 6.45) is 4.95. The van der Waals surface area contributed by atoms with Gasteiger partial charge in [0.1, 0.15) is 0 Å². The van der Waals surface area contributed by atoms with Crippen molar-refractivity contribution >= 4 is 11.9 Å². The van der Waals surface area contributed by atoms with E-state index in [1.165, 1.54) is 0 Å². The second-order valence-corrected chi connectivity index (χ2v) is 6.36. The third kappa shape index (κ3) is 5.14. The molecule has 1 N–H and O–H groups in total. The first-order chi connectivity index (χ1) is 9.45. The lowest BCUT2D eigenvalue weighted by molar-refractivity contribution is -0.139. The number of aliphatic carboxylic acids is 1. The number of carboxylic acid groups (broad SMARTS) is 1. The molecule has 20 heavy (non-hydrogen) atoms. The number of rotatable bonds is 7. The Hall–Kier alpha value is -1.06. The van der Waals surface area contributed by atoms with E-state index in [0.717, 1.165) is 38.8 Å². The summed E-state index contributed by atoms with van der Waals surface area (Å²) in [5.41, 5.74) is 0. The van der Waals surface area contributed by atoms with Crippen LogP contribution < -0.4 is 0 Å². The Kier molecular flexibility index (Phi) is 7.03. The minimum atomic E-state index is -0.737. The molecule has 0 aromatic rings. The average molecular weight is 283 g/mol. The van der Waals surface area contributed by atoms with Crippen molar-refractivity contribution in [3.63, 3.8) is 0 Å². The normalized spacial score (nSPS) is 21.0. The molecule has 4 nitrogen and oxygen atoms in total. The molecule has 0 spiro atoms. The van der Waals surface area contributed by atoms with Crippen LogP contribution >= 0.6 is 0 Å². The molecule has 0 aromatic carbocycles. The third-order valence-corrected chi connectivity index (χ3v) is 4.32. The van der Waals surface area contributed by atoms with E-state index in [2.05, 4.69) is 20.8 Å². The van der Waals surface area contributed by atoms with Gasteiger partial charge in [-0.1, -0.05) is 27.2 Å². The average Bonchev–Trinajstić information content (AvgIpc) is 2.41. The van der Waals surface area contributed by atoms with E-state index in [4.69, 9.17) is 5.11 Å². The Bertz CT molecular complexity index is 328. The SMILES string of the molecule is CCCC(C(=O)N1CCCC(CCC(=O)O)C1)C(C)C. The van der Waals surface area contributed by atoms with Crippen molar-refractivity contribution in [2.75, 3.05) is 13.1 Å². The molecular formula is C16H29NO3. The van der Waals surface area contributed by atoms with Gasteiger partial charge in [0.25, 0.3) is 0 Å². The topological polar surface area (TPSA) is 57.6 Å². The molecule has 0 bridgehead atoms. The zero-order valence-corrected chi connectivity index (χ0v) is 13.1. The summed E-state index contributed by atoms with van der Waals surface area (Å²) < 4.78 is 0. The van der Waals surface area contributed by atoms with Crippen molar-refractivity contribution < 1.29 is 14.7 Å². The summed E-state index contributed by atoms with van der Waals surface area (Å²) in [6.45, 7) is 7.94. The molecule has 0 aliphatic carbocycles. The van der Waals surface area contributed by atoms with Gasteiger partial charge in [0.15, 0.2) is 0 Å². The summed E-state index contributed by atoms with van der Waals surface area (Å²) >= 11 is 0. The van der Waals surface area contributed by atoms with Crippen LogP contribution in [0.25, 0.3) is 0 Å². The van der Waals surface area contributed by atoms with Crippen LogP contribution in [0.2, 0.25) is 0 Å². The molecule has 1 aliphatic heterocycles. The molecule has 1 rings (SSSR count). The van der Waals surface area contributed by atoms with Crippen LogP contribution in [0, 0.1) is 17.8 Å². The van der Waals surface area contributed by atoms with E-state index in [-0.39, 0.29) is 18.2 Å². The number of hydrogen-bond donors (Lipinski definition) is 1. The van der Waals surface area contributed by atoms with Crippen LogP contribution in [0.1, 0.15) is 59.3 Å². The van der Waals surface area contributed by atoms with Crippen LogP contribution in [-0.2, 0) is 9.59 Å². The summed E-state index contributed by atoms with van der Waals surface area (Å²) in [5, 5.41) is 8.77. The van der Waals surface area contributed by atoms with Gasteiger partial charge in [-0.25, -0.2) is 0 Å². The van der Waals surface area contributed by atoms with Gasteiger partial charge in [-0.05, 0) is 37.5 Å². The van der Waals surface area contributed by atoms with Crippen molar-refractivity contribution in [1.82, 2.24) is 4.90 Å². The largest absolute Gasteiger partial charge is 0.481 e. The zero-order chi connectivity index (χ0) is 15.1. The van der Waals surface area contributed by atoms with Crippen molar-refractivity contribution in [3.05, 3.63) is 0 Å². The molecular weight excluding hydrogens is 254 g/mol. The molecule has 1 heterocycles. The second-order valence-electron chi connectivity index (χ2n) is 6.36. The summed E-state index contributed by atoms with van der Waals surface area (Å²) in [7, 11) is 0. The van der Waals surface area contributed by atoms with E-state index in [1.54, 1.807) is 0 Å². The van der Waals surface area contributed by atoms with Crippen molar-refractivity contribution in [3.8, 4) is 0 Å². The molecule has 0 aromatic heterocycles. The molecule has 1 saturated heterocycles. The molecule has 0 saturated carbocycles.